The Bertz CT molecular complexity index is 970. The van der Waals surface area contributed by atoms with Crippen LogP contribution in [0.4, 0.5) is 0 Å². The van der Waals surface area contributed by atoms with E-state index in [2.05, 4.69) is 11.6 Å². The summed E-state index contributed by atoms with van der Waals surface area (Å²) in [5.41, 5.74) is -1.38. The van der Waals surface area contributed by atoms with Crippen molar-refractivity contribution in [1.82, 2.24) is 9.55 Å². The fourth-order valence-electron chi connectivity index (χ4n) is 3.84. The molecule has 0 radical (unpaired) electrons. The van der Waals surface area contributed by atoms with E-state index in [4.69, 9.17) is 14.2 Å². The molecule has 3 heterocycles. The highest BCUT2D eigenvalue weighted by atomic mass is 16.7. The largest absolute Gasteiger partial charge is 0.388 e. The molecule has 0 bridgehead atoms. The molecule has 148 valence electrons. The number of nitrogens with one attached hydrogen (secondary N) is 1. The molecule has 4 rings (SSSR count). The standard InChI is InChI=1S/C20H22N2O6/c1-3-20-11-26-18(13-7-5-4-6-8-13)27-16(20)12(2)15(24)17(28-20)22-10-9-14(23)21-19(22)25/h3-10,12,15-18,24H,1,11H2,2H3,(H,21,23,25)/t12-,15-,16+,17-,18-,20-/m1/s1. The molecule has 2 saturated heterocycles. The van der Waals surface area contributed by atoms with E-state index >= 15 is 0 Å². The Morgan fingerprint density at radius 1 is 1.29 bits per heavy atom. The zero-order valence-electron chi connectivity index (χ0n) is 15.4. The highest BCUT2D eigenvalue weighted by Gasteiger charge is 2.56. The first-order chi connectivity index (χ1) is 13.4. The number of hydrogen-bond acceptors (Lipinski definition) is 6. The third-order valence-electron chi connectivity index (χ3n) is 5.40. The van der Waals surface area contributed by atoms with E-state index in [-0.39, 0.29) is 6.61 Å². The lowest BCUT2D eigenvalue weighted by atomic mass is 9.80. The number of hydrogen-bond donors (Lipinski definition) is 2. The van der Waals surface area contributed by atoms with Gasteiger partial charge in [-0.3, -0.25) is 14.3 Å². The van der Waals surface area contributed by atoms with Crippen LogP contribution in [0.5, 0.6) is 0 Å². The molecular formula is C20H22N2O6. The number of fused-ring (bicyclic) bond motifs is 1. The van der Waals surface area contributed by atoms with Gasteiger partial charge in [0.1, 0.15) is 17.8 Å². The van der Waals surface area contributed by atoms with E-state index in [1.807, 2.05) is 37.3 Å². The zero-order chi connectivity index (χ0) is 19.9. The van der Waals surface area contributed by atoms with Gasteiger partial charge in [-0.05, 0) is 0 Å². The van der Waals surface area contributed by atoms with Gasteiger partial charge in [-0.2, -0.15) is 0 Å². The molecule has 8 heteroatoms. The normalized spacial score (nSPS) is 35.1. The Labute approximate surface area is 161 Å². The van der Waals surface area contributed by atoms with Crippen LogP contribution in [0, 0.1) is 5.92 Å². The third kappa shape index (κ3) is 3.04. The molecule has 28 heavy (non-hydrogen) atoms. The SMILES string of the molecule is C=C[C@@]12CO[C@@H](c3ccccc3)O[C@H]1[C@H](C)[C@@H](O)[C@H](n1ccc(=O)[nH]c1=O)O2. The molecule has 0 amide bonds. The minimum Gasteiger partial charge on any atom is -0.388 e. The molecule has 1 aromatic heterocycles. The smallest absolute Gasteiger partial charge is 0.330 e. The summed E-state index contributed by atoms with van der Waals surface area (Å²) in [6, 6.07) is 10.7. The van der Waals surface area contributed by atoms with E-state index < -0.39 is 47.5 Å². The number of H-pyrrole nitrogens is 1. The van der Waals surface area contributed by atoms with Gasteiger partial charge >= 0.3 is 5.69 Å². The number of aromatic nitrogens is 2. The zero-order valence-corrected chi connectivity index (χ0v) is 15.4. The molecular weight excluding hydrogens is 364 g/mol. The number of benzene rings is 1. The molecule has 6 atom stereocenters. The molecule has 2 fully saturated rings. The van der Waals surface area contributed by atoms with E-state index in [0.29, 0.717) is 0 Å². The number of rotatable bonds is 3. The third-order valence-corrected chi connectivity index (χ3v) is 5.40. The second kappa shape index (κ2) is 7.14. The number of aliphatic hydroxyl groups excluding tert-OH is 1. The minimum atomic E-state index is -1.05. The first kappa shape index (κ1) is 18.8. The molecule has 2 aliphatic heterocycles. The predicted molar refractivity (Wildman–Crippen MR) is 99.6 cm³/mol. The van der Waals surface area contributed by atoms with Crippen LogP contribution in [-0.2, 0) is 14.2 Å². The summed E-state index contributed by atoms with van der Waals surface area (Å²) in [6.07, 6.45) is -0.301. The maximum absolute atomic E-state index is 12.2. The van der Waals surface area contributed by atoms with Crippen molar-refractivity contribution in [2.45, 2.75) is 37.3 Å². The van der Waals surface area contributed by atoms with Gasteiger partial charge in [0.25, 0.3) is 5.56 Å². The van der Waals surface area contributed by atoms with Gasteiger partial charge in [-0.25, -0.2) is 4.79 Å². The van der Waals surface area contributed by atoms with Crippen molar-refractivity contribution < 1.29 is 19.3 Å². The lowest BCUT2D eigenvalue weighted by Crippen LogP contribution is -2.64. The highest BCUT2D eigenvalue weighted by Crippen LogP contribution is 2.45. The number of aliphatic hydroxyl groups is 1. The molecule has 1 aromatic carbocycles. The quantitative estimate of drug-likeness (QED) is 0.766. The average Bonchev–Trinajstić information content (AvgIpc) is 2.71. The molecule has 0 spiro atoms. The molecule has 0 saturated carbocycles. The Hall–Kier alpha value is -2.52. The fraction of sp³-hybridized carbons (Fsp3) is 0.400. The summed E-state index contributed by atoms with van der Waals surface area (Å²) >= 11 is 0. The van der Waals surface area contributed by atoms with E-state index in [0.717, 1.165) is 10.1 Å². The van der Waals surface area contributed by atoms with Crippen molar-refractivity contribution in [3.8, 4) is 0 Å². The summed E-state index contributed by atoms with van der Waals surface area (Å²) in [4.78, 5) is 25.7. The van der Waals surface area contributed by atoms with Crippen LogP contribution in [0.25, 0.3) is 0 Å². The Balaban J connectivity index is 1.67. The lowest BCUT2D eigenvalue weighted by molar-refractivity contribution is -0.354. The molecule has 8 nitrogen and oxygen atoms in total. The molecule has 2 aromatic rings. The monoisotopic (exact) mass is 386 g/mol. The summed E-state index contributed by atoms with van der Waals surface area (Å²) < 4.78 is 19.3. The second-order valence-corrected chi connectivity index (χ2v) is 7.14. The molecule has 0 aliphatic carbocycles. The van der Waals surface area contributed by atoms with Crippen molar-refractivity contribution in [2.75, 3.05) is 6.61 Å². The summed E-state index contributed by atoms with van der Waals surface area (Å²) in [5.74, 6) is -0.398. The van der Waals surface area contributed by atoms with Crippen molar-refractivity contribution in [1.29, 1.82) is 0 Å². The van der Waals surface area contributed by atoms with Gasteiger partial charge < -0.3 is 19.3 Å². The topological polar surface area (TPSA) is 103 Å². The molecule has 0 unspecified atom stereocenters. The second-order valence-electron chi connectivity index (χ2n) is 7.14. The van der Waals surface area contributed by atoms with Crippen molar-refractivity contribution in [3.05, 3.63) is 81.7 Å². The van der Waals surface area contributed by atoms with Gasteiger partial charge in [0, 0.05) is 23.7 Å². The van der Waals surface area contributed by atoms with Crippen molar-refractivity contribution in [3.63, 3.8) is 0 Å². The first-order valence-corrected chi connectivity index (χ1v) is 9.08. The Morgan fingerprint density at radius 3 is 2.71 bits per heavy atom. The number of nitrogens with zero attached hydrogens (tertiary/aromatic N) is 1. The summed E-state index contributed by atoms with van der Waals surface area (Å²) in [7, 11) is 0. The molecule has 2 N–H and O–H groups in total. The van der Waals surface area contributed by atoms with Crippen molar-refractivity contribution >= 4 is 0 Å². The van der Waals surface area contributed by atoms with Crippen LogP contribution in [0.2, 0.25) is 0 Å². The lowest BCUT2D eigenvalue weighted by Gasteiger charge is -2.53. The van der Waals surface area contributed by atoms with Crippen LogP contribution < -0.4 is 11.2 Å². The van der Waals surface area contributed by atoms with Crippen molar-refractivity contribution in [2.24, 2.45) is 5.92 Å². The summed E-state index contributed by atoms with van der Waals surface area (Å²) in [5, 5.41) is 10.9. The van der Waals surface area contributed by atoms with Gasteiger partial charge in [0.2, 0.25) is 0 Å². The first-order valence-electron chi connectivity index (χ1n) is 9.08. The van der Waals surface area contributed by atoms with Gasteiger partial charge in [0.15, 0.2) is 12.5 Å². The Kier molecular flexibility index (Phi) is 4.80. The van der Waals surface area contributed by atoms with Crippen LogP contribution in [0.1, 0.15) is 25.0 Å². The van der Waals surface area contributed by atoms with Crippen LogP contribution >= 0.6 is 0 Å². The van der Waals surface area contributed by atoms with E-state index in [1.54, 1.807) is 6.08 Å². The molecule has 2 aliphatic rings. The fourth-order valence-corrected chi connectivity index (χ4v) is 3.84. The highest BCUT2D eigenvalue weighted by molar-refractivity contribution is 5.19. The predicted octanol–water partition coefficient (Wildman–Crippen LogP) is 1.10. The Morgan fingerprint density at radius 2 is 2.04 bits per heavy atom. The van der Waals surface area contributed by atoms with Gasteiger partial charge in [-0.1, -0.05) is 43.3 Å². The number of ether oxygens (including phenoxy) is 3. The summed E-state index contributed by atoms with van der Waals surface area (Å²) in [6.45, 7) is 5.84. The average molecular weight is 386 g/mol. The van der Waals surface area contributed by atoms with E-state index in [9.17, 15) is 14.7 Å². The van der Waals surface area contributed by atoms with E-state index in [1.165, 1.54) is 12.3 Å². The van der Waals surface area contributed by atoms with Crippen LogP contribution in [0.3, 0.4) is 0 Å². The van der Waals surface area contributed by atoms with Gasteiger partial charge in [-0.15, -0.1) is 6.58 Å². The van der Waals surface area contributed by atoms with Gasteiger partial charge in [0.05, 0.1) is 6.61 Å². The van der Waals surface area contributed by atoms with Crippen LogP contribution in [-0.4, -0.2) is 39.1 Å². The maximum atomic E-state index is 12.2. The maximum Gasteiger partial charge on any atom is 0.330 e. The van der Waals surface area contributed by atoms with Crippen LogP contribution in [0.15, 0.2) is 64.8 Å². The number of aromatic amines is 1. The minimum absolute atomic E-state index is 0.145.